The Bertz CT molecular complexity index is 1030. The molecule has 0 radical (unpaired) electrons. The van der Waals surface area contributed by atoms with E-state index in [1.54, 1.807) is 24.3 Å². The van der Waals surface area contributed by atoms with Crippen molar-refractivity contribution < 1.29 is 14.3 Å². The van der Waals surface area contributed by atoms with Gasteiger partial charge in [0.1, 0.15) is 17.1 Å². The second-order valence-corrected chi connectivity index (χ2v) is 7.28. The monoisotopic (exact) mass is 432 g/mol. The number of fused-ring (bicyclic) bond motifs is 1. The second-order valence-electron chi connectivity index (χ2n) is 5.35. The first-order chi connectivity index (χ1) is 12.6. The fourth-order valence-electron chi connectivity index (χ4n) is 2.64. The van der Waals surface area contributed by atoms with Crippen molar-refractivity contribution in [3.63, 3.8) is 0 Å². The molecule has 0 spiro atoms. The molecule has 0 unspecified atom stereocenters. The lowest BCUT2D eigenvalue weighted by molar-refractivity contribution is 0.0992. The molecule has 5 nitrogen and oxygen atoms in total. The van der Waals surface area contributed by atoms with E-state index in [9.17, 15) is 4.79 Å². The number of ether oxygens (including phenoxy) is 2. The summed E-state index contributed by atoms with van der Waals surface area (Å²) in [5.41, 5.74) is 1.30. The Kier molecular flexibility index (Phi) is 5.58. The molecule has 1 aromatic heterocycles. The number of thiazole rings is 1. The first-order valence-electron chi connectivity index (χ1n) is 7.79. The molecule has 1 amide bonds. The van der Waals surface area contributed by atoms with Crippen molar-refractivity contribution in [1.82, 2.24) is 4.57 Å². The first kappa shape index (κ1) is 18.4. The third-order valence-corrected chi connectivity index (χ3v) is 5.33. The highest BCUT2D eigenvalue weighted by Crippen LogP contribution is 2.29. The van der Waals surface area contributed by atoms with Crippen LogP contribution < -0.4 is 14.3 Å². The number of allylic oxidation sites excluding steroid dienone is 1. The lowest BCUT2D eigenvalue weighted by atomic mass is 10.1. The number of hydrogen-bond donors (Lipinski definition) is 0. The number of nitrogens with zero attached hydrogens (tertiary/aromatic N) is 2. The van der Waals surface area contributed by atoms with Gasteiger partial charge in [-0.25, -0.2) is 0 Å². The quantitative estimate of drug-likeness (QED) is 0.561. The highest BCUT2D eigenvalue weighted by molar-refractivity contribution is 9.10. The minimum atomic E-state index is -0.414. The second kappa shape index (κ2) is 7.88. The zero-order valence-electron chi connectivity index (χ0n) is 14.4. The lowest BCUT2D eigenvalue weighted by Gasteiger charge is -2.09. The normalized spacial score (nSPS) is 11.6. The van der Waals surface area contributed by atoms with Gasteiger partial charge in [0, 0.05) is 11.0 Å². The Morgan fingerprint density at radius 3 is 2.58 bits per heavy atom. The van der Waals surface area contributed by atoms with Gasteiger partial charge in [-0.3, -0.25) is 4.79 Å². The van der Waals surface area contributed by atoms with Crippen molar-refractivity contribution in [3.05, 3.63) is 63.9 Å². The van der Waals surface area contributed by atoms with E-state index >= 15 is 0 Å². The standard InChI is InChI=1S/C19H17BrN2O3S/c1-4-10-22-13-9-8-12(20)11-16(13)26-19(22)21-18(23)17-14(24-2)6-5-7-15(17)25-3/h4-9,11H,1,10H2,2-3H3. The van der Waals surface area contributed by atoms with Crippen molar-refractivity contribution in [2.45, 2.75) is 6.54 Å². The van der Waals surface area contributed by atoms with Gasteiger partial charge in [-0.1, -0.05) is 39.4 Å². The lowest BCUT2D eigenvalue weighted by Crippen LogP contribution is -2.16. The van der Waals surface area contributed by atoms with Crippen LogP contribution in [0.3, 0.4) is 0 Å². The predicted molar refractivity (Wildman–Crippen MR) is 107 cm³/mol. The SMILES string of the molecule is C=CCn1c(=NC(=O)c2c(OC)cccc2OC)sc2cc(Br)ccc21. The molecular formula is C19H17BrN2O3S. The van der Waals surface area contributed by atoms with Crippen molar-refractivity contribution in [2.75, 3.05) is 14.2 Å². The van der Waals surface area contributed by atoms with E-state index in [2.05, 4.69) is 27.5 Å². The van der Waals surface area contributed by atoms with Crippen molar-refractivity contribution in [3.8, 4) is 11.5 Å². The van der Waals surface area contributed by atoms with Crippen LogP contribution in [-0.4, -0.2) is 24.7 Å². The van der Waals surface area contributed by atoms with E-state index < -0.39 is 5.91 Å². The van der Waals surface area contributed by atoms with Crippen molar-refractivity contribution in [2.24, 2.45) is 4.99 Å². The molecule has 0 aliphatic carbocycles. The third-order valence-electron chi connectivity index (χ3n) is 3.80. The Balaban J connectivity index is 2.20. The van der Waals surface area contributed by atoms with Gasteiger partial charge < -0.3 is 14.0 Å². The molecule has 0 bridgehead atoms. The maximum Gasteiger partial charge on any atom is 0.287 e. The molecule has 0 fully saturated rings. The molecule has 26 heavy (non-hydrogen) atoms. The third kappa shape index (κ3) is 3.45. The van der Waals surface area contributed by atoms with Crippen LogP contribution >= 0.6 is 27.3 Å². The van der Waals surface area contributed by atoms with Crippen LogP contribution in [0.1, 0.15) is 10.4 Å². The summed E-state index contributed by atoms with van der Waals surface area (Å²) in [5.74, 6) is 0.442. The zero-order valence-corrected chi connectivity index (χ0v) is 16.8. The Labute approximate surface area is 163 Å². The van der Waals surface area contributed by atoms with Crippen LogP contribution in [0.2, 0.25) is 0 Å². The summed E-state index contributed by atoms with van der Waals surface area (Å²) in [6.45, 7) is 4.35. The summed E-state index contributed by atoms with van der Waals surface area (Å²) in [7, 11) is 3.03. The minimum Gasteiger partial charge on any atom is -0.496 e. The first-order valence-corrected chi connectivity index (χ1v) is 9.39. The van der Waals surface area contributed by atoms with Gasteiger partial charge in [-0.2, -0.15) is 4.99 Å². The number of carbonyl (C=O) groups excluding carboxylic acids is 1. The van der Waals surface area contributed by atoms with Gasteiger partial charge in [-0.05, 0) is 30.3 Å². The van der Waals surface area contributed by atoms with Crippen LogP contribution in [0.15, 0.2) is 58.5 Å². The highest BCUT2D eigenvalue weighted by atomic mass is 79.9. The molecule has 0 saturated heterocycles. The van der Waals surface area contributed by atoms with Crippen LogP contribution in [-0.2, 0) is 6.54 Å². The van der Waals surface area contributed by atoms with E-state index in [1.165, 1.54) is 25.6 Å². The number of hydrogen-bond acceptors (Lipinski definition) is 4. The van der Waals surface area contributed by atoms with Gasteiger partial charge in [0.25, 0.3) is 5.91 Å². The summed E-state index contributed by atoms with van der Waals surface area (Å²) in [6, 6.07) is 11.2. The summed E-state index contributed by atoms with van der Waals surface area (Å²) in [5, 5.41) is 0. The Morgan fingerprint density at radius 1 is 1.27 bits per heavy atom. The maximum atomic E-state index is 12.9. The molecule has 0 aliphatic heterocycles. The molecule has 3 aromatic rings. The number of amides is 1. The van der Waals surface area contributed by atoms with Gasteiger partial charge in [-0.15, -0.1) is 6.58 Å². The van der Waals surface area contributed by atoms with E-state index in [-0.39, 0.29) is 0 Å². The van der Waals surface area contributed by atoms with Gasteiger partial charge in [0.15, 0.2) is 4.80 Å². The Morgan fingerprint density at radius 2 is 1.96 bits per heavy atom. The molecule has 134 valence electrons. The topological polar surface area (TPSA) is 52.8 Å². The van der Waals surface area contributed by atoms with E-state index in [4.69, 9.17) is 9.47 Å². The zero-order chi connectivity index (χ0) is 18.7. The van der Waals surface area contributed by atoms with Gasteiger partial charge >= 0.3 is 0 Å². The number of halogens is 1. The van der Waals surface area contributed by atoms with E-state index in [0.29, 0.717) is 28.4 Å². The van der Waals surface area contributed by atoms with Crippen molar-refractivity contribution >= 4 is 43.4 Å². The largest absolute Gasteiger partial charge is 0.496 e. The molecular weight excluding hydrogens is 416 g/mol. The average molecular weight is 433 g/mol. The minimum absolute atomic E-state index is 0.307. The molecule has 0 aliphatic rings. The summed E-state index contributed by atoms with van der Waals surface area (Å²) >= 11 is 4.92. The van der Waals surface area contributed by atoms with Crippen LogP contribution in [0.4, 0.5) is 0 Å². The maximum absolute atomic E-state index is 12.9. The van der Waals surface area contributed by atoms with Gasteiger partial charge in [0.05, 0.1) is 24.4 Å². The molecule has 0 saturated carbocycles. The van der Waals surface area contributed by atoms with Gasteiger partial charge in [0.2, 0.25) is 0 Å². The molecule has 1 heterocycles. The molecule has 3 rings (SSSR count). The van der Waals surface area contributed by atoms with E-state index in [1.807, 2.05) is 22.8 Å². The van der Waals surface area contributed by atoms with Crippen LogP contribution in [0.25, 0.3) is 10.2 Å². The van der Waals surface area contributed by atoms with Crippen molar-refractivity contribution in [1.29, 1.82) is 0 Å². The molecule has 2 aromatic carbocycles. The molecule has 0 N–H and O–H groups in total. The fourth-order valence-corrected chi connectivity index (χ4v) is 4.23. The summed E-state index contributed by atoms with van der Waals surface area (Å²) in [6.07, 6.45) is 1.78. The number of aromatic nitrogens is 1. The van der Waals surface area contributed by atoms with Crippen LogP contribution in [0.5, 0.6) is 11.5 Å². The fraction of sp³-hybridized carbons (Fsp3) is 0.158. The number of benzene rings is 2. The molecule has 7 heteroatoms. The summed E-state index contributed by atoms with van der Waals surface area (Å²) < 4.78 is 14.6. The highest BCUT2D eigenvalue weighted by Gasteiger charge is 2.18. The Hall–Kier alpha value is -2.38. The number of rotatable bonds is 5. The number of carbonyl (C=O) groups is 1. The summed E-state index contributed by atoms with van der Waals surface area (Å²) in [4.78, 5) is 17.9. The molecule has 0 atom stereocenters. The predicted octanol–water partition coefficient (Wildman–Crippen LogP) is 4.41. The average Bonchev–Trinajstić information content (AvgIpc) is 2.97. The van der Waals surface area contributed by atoms with E-state index in [0.717, 1.165) is 14.7 Å². The smallest absolute Gasteiger partial charge is 0.287 e. The number of methoxy groups -OCH3 is 2. The van der Waals surface area contributed by atoms with Crippen LogP contribution in [0, 0.1) is 0 Å².